The standard InChI is InChI=1S/C25H27N3O3/c29-24(22-13-16-31-18-22)28-14-11-19(12-15-28)17-26-25(30)27-23(20-7-3-1-4-8-20)21-9-5-2-6-10-21/h1-10,13,16,18-19,23H,11-12,14-15,17H2,(H2,26,27,30). The molecule has 0 bridgehead atoms. The highest BCUT2D eigenvalue weighted by molar-refractivity contribution is 5.93. The van der Waals surface area contributed by atoms with Crippen LogP contribution in [-0.4, -0.2) is 36.5 Å². The van der Waals surface area contributed by atoms with Gasteiger partial charge in [0.05, 0.1) is 17.9 Å². The van der Waals surface area contributed by atoms with Gasteiger partial charge in [-0.25, -0.2) is 4.79 Å². The van der Waals surface area contributed by atoms with Crippen LogP contribution in [-0.2, 0) is 0 Å². The van der Waals surface area contributed by atoms with Gasteiger partial charge in [0, 0.05) is 19.6 Å². The number of carbonyl (C=O) groups excluding carboxylic acids is 2. The molecule has 0 radical (unpaired) electrons. The molecule has 31 heavy (non-hydrogen) atoms. The predicted octanol–water partition coefficient (Wildman–Crippen LogP) is 4.22. The maximum Gasteiger partial charge on any atom is 0.315 e. The quantitative estimate of drug-likeness (QED) is 0.631. The summed E-state index contributed by atoms with van der Waals surface area (Å²) in [6.07, 6.45) is 4.73. The van der Waals surface area contributed by atoms with E-state index in [-0.39, 0.29) is 18.0 Å². The molecule has 0 aliphatic carbocycles. The van der Waals surface area contributed by atoms with Crippen LogP contribution in [0, 0.1) is 5.92 Å². The number of carbonyl (C=O) groups is 2. The molecule has 1 aromatic heterocycles. The van der Waals surface area contributed by atoms with E-state index in [0.717, 1.165) is 24.0 Å². The van der Waals surface area contributed by atoms with Crippen molar-refractivity contribution >= 4 is 11.9 Å². The van der Waals surface area contributed by atoms with Crippen molar-refractivity contribution in [1.29, 1.82) is 0 Å². The number of urea groups is 1. The highest BCUT2D eigenvalue weighted by atomic mass is 16.3. The summed E-state index contributed by atoms with van der Waals surface area (Å²) in [7, 11) is 0. The Morgan fingerprint density at radius 1 is 0.935 bits per heavy atom. The smallest absolute Gasteiger partial charge is 0.315 e. The first kappa shape index (κ1) is 20.7. The topological polar surface area (TPSA) is 74.6 Å². The summed E-state index contributed by atoms with van der Waals surface area (Å²) in [4.78, 5) is 26.9. The van der Waals surface area contributed by atoms with Crippen molar-refractivity contribution in [3.63, 3.8) is 0 Å². The SMILES string of the molecule is O=C(NCC1CCN(C(=O)c2ccoc2)CC1)NC(c1ccccc1)c1ccccc1. The summed E-state index contributed by atoms with van der Waals surface area (Å²) in [6, 6.07) is 21.2. The summed E-state index contributed by atoms with van der Waals surface area (Å²) in [5, 5.41) is 6.14. The monoisotopic (exact) mass is 417 g/mol. The van der Waals surface area contributed by atoms with Crippen LogP contribution >= 0.6 is 0 Å². The molecular weight excluding hydrogens is 390 g/mol. The first-order valence-corrected chi connectivity index (χ1v) is 10.7. The summed E-state index contributed by atoms with van der Waals surface area (Å²) in [6.45, 7) is 1.97. The molecule has 0 unspecified atom stereocenters. The van der Waals surface area contributed by atoms with Crippen molar-refractivity contribution in [3.05, 3.63) is 95.9 Å². The number of nitrogens with zero attached hydrogens (tertiary/aromatic N) is 1. The summed E-state index contributed by atoms with van der Waals surface area (Å²) in [5.74, 6) is 0.359. The van der Waals surface area contributed by atoms with Gasteiger partial charge in [-0.3, -0.25) is 4.79 Å². The minimum Gasteiger partial charge on any atom is -0.472 e. The molecule has 0 saturated carbocycles. The number of amides is 3. The molecule has 1 fully saturated rings. The molecule has 0 atom stereocenters. The van der Waals surface area contributed by atoms with Gasteiger partial charge in [0.1, 0.15) is 6.26 Å². The van der Waals surface area contributed by atoms with Gasteiger partial charge < -0.3 is 20.0 Å². The fraction of sp³-hybridized carbons (Fsp3) is 0.280. The van der Waals surface area contributed by atoms with Gasteiger partial charge in [-0.15, -0.1) is 0 Å². The predicted molar refractivity (Wildman–Crippen MR) is 119 cm³/mol. The third-order valence-corrected chi connectivity index (χ3v) is 5.76. The third kappa shape index (κ3) is 5.34. The maximum atomic E-state index is 12.7. The van der Waals surface area contributed by atoms with Gasteiger partial charge in [0.15, 0.2) is 0 Å². The highest BCUT2D eigenvalue weighted by Gasteiger charge is 2.25. The zero-order chi connectivity index (χ0) is 21.5. The average Bonchev–Trinajstić information content (AvgIpc) is 3.37. The van der Waals surface area contributed by atoms with Crippen molar-refractivity contribution < 1.29 is 14.0 Å². The van der Waals surface area contributed by atoms with Crippen molar-refractivity contribution in [2.75, 3.05) is 19.6 Å². The van der Waals surface area contributed by atoms with E-state index < -0.39 is 0 Å². The van der Waals surface area contributed by atoms with E-state index in [4.69, 9.17) is 4.42 Å². The van der Waals surface area contributed by atoms with E-state index in [0.29, 0.717) is 31.1 Å². The van der Waals surface area contributed by atoms with E-state index in [1.807, 2.05) is 65.6 Å². The summed E-state index contributed by atoms with van der Waals surface area (Å²) < 4.78 is 5.01. The normalized spacial score (nSPS) is 14.4. The minimum absolute atomic E-state index is 0.00599. The zero-order valence-electron chi connectivity index (χ0n) is 17.4. The van der Waals surface area contributed by atoms with Crippen LogP contribution in [0.1, 0.15) is 40.4 Å². The average molecular weight is 418 g/mol. The Kier molecular flexibility index (Phi) is 6.67. The number of piperidine rings is 1. The van der Waals surface area contributed by atoms with Gasteiger partial charge in [0.25, 0.3) is 5.91 Å². The Balaban J connectivity index is 1.29. The van der Waals surface area contributed by atoms with E-state index in [1.165, 1.54) is 12.5 Å². The second kappa shape index (κ2) is 9.98. The van der Waals surface area contributed by atoms with Gasteiger partial charge in [0.2, 0.25) is 0 Å². The Morgan fingerprint density at radius 2 is 1.55 bits per heavy atom. The summed E-state index contributed by atoms with van der Waals surface area (Å²) in [5.41, 5.74) is 2.66. The number of benzene rings is 2. The third-order valence-electron chi connectivity index (χ3n) is 5.76. The number of likely N-dealkylation sites (tertiary alicyclic amines) is 1. The molecule has 6 nitrogen and oxygen atoms in total. The fourth-order valence-electron chi connectivity index (χ4n) is 3.98. The number of furan rings is 1. The molecule has 160 valence electrons. The molecule has 4 rings (SSSR count). The number of nitrogens with one attached hydrogen (secondary N) is 2. The molecule has 3 aromatic rings. The Bertz CT molecular complexity index is 926. The molecular formula is C25H27N3O3. The van der Waals surface area contributed by atoms with Crippen molar-refractivity contribution in [2.24, 2.45) is 5.92 Å². The molecule has 2 aromatic carbocycles. The fourth-order valence-corrected chi connectivity index (χ4v) is 3.98. The van der Waals surface area contributed by atoms with Crippen LogP contribution in [0.15, 0.2) is 83.7 Å². The molecule has 6 heteroatoms. The van der Waals surface area contributed by atoms with E-state index >= 15 is 0 Å². The molecule has 1 aliphatic rings. The van der Waals surface area contributed by atoms with E-state index in [1.54, 1.807) is 6.07 Å². The first-order chi connectivity index (χ1) is 15.2. The number of hydrogen-bond acceptors (Lipinski definition) is 3. The molecule has 1 aliphatic heterocycles. The first-order valence-electron chi connectivity index (χ1n) is 10.7. The summed E-state index contributed by atoms with van der Waals surface area (Å²) >= 11 is 0. The van der Waals surface area contributed by atoms with Crippen LogP contribution in [0.2, 0.25) is 0 Å². The van der Waals surface area contributed by atoms with Crippen molar-refractivity contribution in [3.8, 4) is 0 Å². The molecule has 2 N–H and O–H groups in total. The van der Waals surface area contributed by atoms with Crippen LogP contribution < -0.4 is 10.6 Å². The van der Waals surface area contributed by atoms with Gasteiger partial charge in [-0.1, -0.05) is 60.7 Å². The van der Waals surface area contributed by atoms with E-state index in [9.17, 15) is 9.59 Å². The van der Waals surface area contributed by atoms with E-state index in [2.05, 4.69) is 10.6 Å². The molecule has 1 saturated heterocycles. The number of hydrogen-bond donors (Lipinski definition) is 2. The van der Waals surface area contributed by atoms with Crippen molar-refractivity contribution in [2.45, 2.75) is 18.9 Å². The Hall–Kier alpha value is -3.54. The highest BCUT2D eigenvalue weighted by Crippen LogP contribution is 2.22. The lowest BCUT2D eigenvalue weighted by Crippen LogP contribution is -2.44. The second-order valence-electron chi connectivity index (χ2n) is 7.86. The van der Waals surface area contributed by atoms with Crippen LogP contribution in [0.4, 0.5) is 4.79 Å². The molecule has 3 amide bonds. The van der Waals surface area contributed by atoms with Gasteiger partial charge in [-0.2, -0.15) is 0 Å². The van der Waals surface area contributed by atoms with Crippen LogP contribution in [0.3, 0.4) is 0 Å². The maximum absolute atomic E-state index is 12.7. The Labute approximate surface area is 182 Å². The second-order valence-corrected chi connectivity index (χ2v) is 7.86. The number of rotatable bonds is 6. The lowest BCUT2D eigenvalue weighted by atomic mass is 9.96. The van der Waals surface area contributed by atoms with Crippen LogP contribution in [0.25, 0.3) is 0 Å². The Morgan fingerprint density at radius 3 is 2.10 bits per heavy atom. The van der Waals surface area contributed by atoms with Gasteiger partial charge in [-0.05, 0) is 36.0 Å². The lowest BCUT2D eigenvalue weighted by molar-refractivity contribution is 0.0689. The molecule has 0 spiro atoms. The van der Waals surface area contributed by atoms with Crippen LogP contribution in [0.5, 0.6) is 0 Å². The van der Waals surface area contributed by atoms with Gasteiger partial charge >= 0.3 is 6.03 Å². The van der Waals surface area contributed by atoms with Crippen molar-refractivity contribution in [1.82, 2.24) is 15.5 Å². The zero-order valence-corrected chi connectivity index (χ0v) is 17.4. The minimum atomic E-state index is -0.211. The largest absolute Gasteiger partial charge is 0.472 e. The molecule has 2 heterocycles. The lowest BCUT2D eigenvalue weighted by Gasteiger charge is -2.32.